The summed E-state index contributed by atoms with van der Waals surface area (Å²) in [6, 6.07) is 9.92. The van der Waals surface area contributed by atoms with Gasteiger partial charge >= 0.3 is 0 Å². The van der Waals surface area contributed by atoms with Gasteiger partial charge < -0.3 is 0 Å². The van der Waals surface area contributed by atoms with E-state index in [9.17, 15) is 4.21 Å². The molecule has 0 amide bonds. The largest absolute Gasteiger partial charge is 0.236 e. The Bertz CT molecular complexity index is 544. The van der Waals surface area contributed by atoms with E-state index in [0.29, 0.717) is 5.03 Å². The van der Waals surface area contributed by atoms with Crippen LogP contribution in [0.25, 0.3) is 10.6 Å². The van der Waals surface area contributed by atoms with E-state index in [2.05, 4.69) is 9.71 Å². The predicted molar refractivity (Wildman–Crippen MR) is 76.8 cm³/mol. The summed E-state index contributed by atoms with van der Waals surface area (Å²) in [4.78, 5) is 4.42. The van der Waals surface area contributed by atoms with Gasteiger partial charge in [-0.3, -0.25) is 0 Å². The molecule has 0 saturated heterocycles. The summed E-state index contributed by atoms with van der Waals surface area (Å²) in [6.45, 7) is 5.94. The second-order valence-electron chi connectivity index (χ2n) is 4.98. The maximum absolute atomic E-state index is 12.0. The minimum Gasteiger partial charge on any atom is -0.236 e. The number of hydrogen-bond acceptors (Lipinski definition) is 3. The van der Waals surface area contributed by atoms with Gasteiger partial charge in [0.15, 0.2) is 5.03 Å². The number of thiazole rings is 1. The highest BCUT2D eigenvalue weighted by Gasteiger charge is 2.17. The van der Waals surface area contributed by atoms with Crippen LogP contribution >= 0.6 is 11.3 Å². The highest BCUT2D eigenvalue weighted by molar-refractivity contribution is 7.83. The van der Waals surface area contributed by atoms with Crippen LogP contribution in [0.4, 0.5) is 0 Å². The fraction of sp³-hybridized carbons (Fsp3) is 0.308. The molecule has 1 heterocycles. The van der Waals surface area contributed by atoms with Gasteiger partial charge in [0.05, 0.1) is 0 Å². The first-order valence-corrected chi connectivity index (χ1v) is 7.69. The van der Waals surface area contributed by atoms with Crippen molar-refractivity contribution >= 4 is 22.3 Å². The molecule has 2 rings (SSSR count). The topological polar surface area (TPSA) is 42.0 Å². The third kappa shape index (κ3) is 3.48. The first-order chi connectivity index (χ1) is 8.46. The van der Waals surface area contributed by atoms with E-state index in [1.54, 1.807) is 0 Å². The van der Waals surface area contributed by atoms with Crippen LogP contribution in [0, 0.1) is 0 Å². The molecule has 0 aliphatic rings. The van der Waals surface area contributed by atoms with Gasteiger partial charge in [-0.2, -0.15) is 0 Å². The van der Waals surface area contributed by atoms with Crippen LogP contribution in [0.5, 0.6) is 0 Å². The number of rotatable bonds is 3. The van der Waals surface area contributed by atoms with Crippen molar-refractivity contribution in [2.24, 2.45) is 0 Å². The van der Waals surface area contributed by atoms with Crippen molar-refractivity contribution in [2.45, 2.75) is 31.3 Å². The Kier molecular flexibility index (Phi) is 3.94. The minimum atomic E-state index is -1.26. The summed E-state index contributed by atoms with van der Waals surface area (Å²) < 4.78 is 15.1. The number of nitrogens with zero attached hydrogens (tertiary/aromatic N) is 1. The van der Waals surface area contributed by atoms with E-state index >= 15 is 0 Å². The molecule has 2 aromatic rings. The Morgan fingerprint density at radius 1 is 1.22 bits per heavy atom. The second kappa shape index (κ2) is 5.30. The van der Waals surface area contributed by atoms with Crippen LogP contribution < -0.4 is 4.72 Å². The van der Waals surface area contributed by atoms with Crippen molar-refractivity contribution in [1.29, 1.82) is 0 Å². The van der Waals surface area contributed by atoms with Crippen molar-refractivity contribution in [3.8, 4) is 10.6 Å². The molecule has 0 fully saturated rings. The zero-order valence-corrected chi connectivity index (χ0v) is 12.3. The van der Waals surface area contributed by atoms with Gasteiger partial charge in [0, 0.05) is 16.5 Å². The fourth-order valence-corrected chi connectivity index (χ4v) is 3.46. The lowest BCUT2D eigenvalue weighted by Gasteiger charge is -2.18. The Hall–Kier alpha value is -1.04. The summed E-state index contributed by atoms with van der Waals surface area (Å²) in [5.74, 6) is 0. The summed E-state index contributed by atoms with van der Waals surface area (Å²) >= 11 is 1.51. The number of nitrogens with one attached hydrogen (secondary N) is 1. The first kappa shape index (κ1) is 13.4. The summed E-state index contributed by atoms with van der Waals surface area (Å²) in [6.07, 6.45) is 0. The quantitative estimate of drug-likeness (QED) is 0.938. The van der Waals surface area contributed by atoms with Crippen LogP contribution in [0.3, 0.4) is 0 Å². The van der Waals surface area contributed by atoms with Gasteiger partial charge in [0.1, 0.15) is 16.0 Å². The van der Waals surface area contributed by atoms with E-state index in [0.717, 1.165) is 10.6 Å². The Labute approximate surface area is 114 Å². The summed E-state index contributed by atoms with van der Waals surface area (Å²) in [7, 11) is -1.26. The maximum atomic E-state index is 12.0. The molecule has 96 valence electrons. The van der Waals surface area contributed by atoms with Gasteiger partial charge in [-0.1, -0.05) is 30.3 Å². The second-order valence-corrected chi connectivity index (χ2v) is 7.00. The van der Waals surface area contributed by atoms with E-state index in [4.69, 9.17) is 0 Å². The molecule has 0 bridgehead atoms. The molecule has 18 heavy (non-hydrogen) atoms. The standard InChI is InChI=1S/C13H16N2OS2/c1-13(2,3)15-18(16)11-9-17-12(14-11)10-7-5-4-6-8-10/h4-9,15H,1-3H3. The average Bonchev–Trinajstić information content (AvgIpc) is 2.77. The number of hydrogen-bond donors (Lipinski definition) is 1. The van der Waals surface area contributed by atoms with Crippen molar-refractivity contribution in [3.05, 3.63) is 35.7 Å². The van der Waals surface area contributed by atoms with Gasteiger partial charge in [-0.05, 0) is 20.8 Å². The fourth-order valence-electron chi connectivity index (χ4n) is 1.39. The highest BCUT2D eigenvalue weighted by atomic mass is 32.2. The zero-order valence-electron chi connectivity index (χ0n) is 10.6. The van der Waals surface area contributed by atoms with Gasteiger partial charge in [0.25, 0.3) is 0 Å². The molecule has 3 nitrogen and oxygen atoms in total. The van der Waals surface area contributed by atoms with Crippen molar-refractivity contribution in [3.63, 3.8) is 0 Å². The molecule has 0 spiro atoms. The molecule has 1 N–H and O–H groups in total. The molecular weight excluding hydrogens is 264 g/mol. The van der Waals surface area contributed by atoms with E-state index in [1.165, 1.54) is 11.3 Å². The molecule has 0 aliphatic carbocycles. The summed E-state index contributed by atoms with van der Waals surface area (Å²) in [5, 5.41) is 3.33. The van der Waals surface area contributed by atoms with Gasteiger partial charge in [0.2, 0.25) is 0 Å². The van der Waals surface area contributed by atoms with Gasteiger partial charge in [-0.25, -0.2) is 13.9 Å². The Morgan fingerprint density at radius 2 is 1.89 bits per heavy atom. The smallest absolute Gasteiger partial charge is 0.154 e. The molecule has 1 atom stereocenters. The van der Waals surface area contributed by atoms with Crippen molar-refractivity contribution in [1.82, 2.24) is 9.71 Å². The van der Waals surface area contributed by atoms with Crippen molar-refractivity contribution in [2.75, 3.05) is 0 Å². The predicted octanol–water partition coefficient (Wildman–Crippen LogP) is 3.22. The van der Waals surface area contributed by atoms with Crippen LogP contribution in [0.1, 0.15) is 20.8 Å². The monoisotopic (exact) mass is 280 g/mol. The van der Waals surface area contributed by atoms with Crippen LogP contribution in [0.15, 0.2) is 40.7 Å². The lowest BCUT2D eigenvalue weighted by atomic mass is 10.1. The molecule has 0 aliphatic heterocycles. The third-order valence-corrected chi connectivity index (χ3v) is 4.52. The van der Waals surface area contributed by atoms with Crippen molar-refractivity contribution < 1.29 is 4.21 Å². The van der Waals surface area contributed by atoms with Gasteiger partial charge in [-0.15, -0.1) is 11.3 Å². The highest BCUT2D eigenvalue weighted by Crippen LogP contribution is 2.24. The lowest BCUT2D eigenvalue weighted by molar-refractivity contribution is 0.519. The average molecular weight is 280 g/mol. The third-order valence-electron chi connectivity index (χ3n) is 2.09. The van der Waals surface area contributed by atoms with Crippen LogP contribution in [0.2, 0.25) is 0 Å². The normalized spacial score (nSPS) is 13.5. The minimum absolute atomic E-state index is 0.193. The molecule has 1 aromatic carbocycles. The van der Waals surface area contributed by atoms with E-state index < -0.39 is 11.0 Å². The van der Waals surface area contributed by atoms with Crippen LogP contribution in [-0.4, -0.2) is 14.7 Å². The molecule has 1 unspecified atom stereocenters. The van der Waals surface area contributed by atoms with Crippen LogP contribution in [-0.2, 0) is 11.0 Å². The number of aromatic nitrogens is 1. The maximum Gasteiger partial charge on any atom is 0.154 e. The molecule has 0 saturated carbocycles. The molecule has 5 heteroatoms. The molecule has 0 radical (unpaired) electrons. The first-order valence-electron chi connectivity index (χ1n) is 5.66. The zero-order chi connectivity index (χ0) is 13.2. The summed E-state index contributed by atoms with van der Waals surface area (Å²) in [5.41, 5.74) is 0.864. The Morgan fingerprint density at radius 3 is 2.50 bits per heavy atom. The van der Waals surface area contributed by atoms with E-state index in [-0.39, 0.29) is 5.54 Å². The molecular formula is C13H16N2OS2. The lowest BCUT2D eigenvalue weighted by Crippen LogP contribution is -2.37. The Balaban J connectivity index is 2.19. The SMILES string of the molecule is CC(C)(C)NS(=O)c1csc(-c2ccccc2)n1. The molecule has 1 aromatic heterocycles. The number of benzene rings is 1. The van der Waals surface area contributed by atoms with E-state index in [1.807, 2.05) is 56.5 Å².